The Morgan fingerprint density at radius 2 is 2.20 bits per heavy atom. The Morgan fingerprint density at radius 3 is 2.88 bits per heavy atom. The van der Waals surface area contributed by atoms with Gasteiger partial charge in [-0.1, -0.05) is 13.0 Å². The van der Waals surface area contributed by atoms with Gasteiger partial charge < -0.3 is 15.4 Å². The highest BCUT2D eigenvalue weighted by Crippen LogP contribution is 2.29. The fourth-order valence-electron chi connectivity index (χ4n) is 2.94. The van der Waals surface area contributed by atoms with Gasteiger partial charge in [0.2, 0.25) is 0 Å². The summed E-state index contributed by atoms with van der Waals surface area (Å²) >= 11 is 1.96. The number of guanidine groups is 1. The lowest BCUT2D eigenvalue weighted by molar-refractivity contribution is -0.0506. The first-order chi connectivity index (χ1) is 12.0. The van der Waals surface area contributed by atoms with Gasteiger partial charge in [-0.3, -0.25) is 4.99 Å². The number of hydrogen-bond acceptors (Lipinski definition) is 3. The summed E-state index contributed by atoms with van der Waals surface area (Å²) in [6.45, 7) is -0.836. The van der Waals surface area contributed by atoms with Crippen molar-refractivity contribution in [1.29, 1.82) is 0 Å². The number of thioether (sulfide) groups is 1. The van der Waals surface area contributed by atoms with Crippen LogP contribution in [0.1, 0.15) is 31.7 Å². The molecular formula is C17H24F3N3OS. The molecule has 2 atom stereocenters. The zero-order valence-electron chi connectivity index (χ0n) is 14.4. The third-order valence-electron chi connectivity index (χ3n) is 4.08. The fourth-order valence-corrected chi connectivity index (χ4v) is 4.08. The van der Waals surface area contributed by atoms with Crippen LogP contribution in [0, 0.1) is 5.82 Å². The normalized spacial score (nSPS) is 20.8. The molecule has 1 aromatic rings. The van der Waals surface area contributed by atoms with E-state index in [1.807, 2.05) is 11.8 Å². The fraction of sp³-hybridized carbons (Fsp3) is 0.588. The van der Waals surface area contributed by atoms with Gasteiger partial charge in [0.1, 0.15) is 11.6 Å². The lowest BCUT2D eigenvalue weighted by atomic mass is 10.2. The smallest absolute Gasteiger partial charge is 0.387 e. The molecule has 1 aromatic carbocycles. The highest BCUT2D eigenvalue weighted by molar-refractivity contribution is 7.99. The topological polar surface area (TPSA) is 45.7 Å². The van der Waals surface area contributed by atoms with Gasteiger partial charge in [-0.2, -0.15) is 20.5 Å². The van der Waals surface area contributed by atoms with Gasteiger partial charge in [0.25, 0.3) is 0 Å². The third kappa shape index (κ3) is 6.02. The first-order valence-corrected chi connectivity index (χ1v) is 9.39. The first kappa shape index (κ1) is 19.8. The Bertz CT molecular complexity index is 586. The molecule has 0 heterocycles. The molecule has 0 amide bonds. The molecule has 25 heavy (non-hydrogen) atoms. The number of rotatable bonds is 7. The van der Waals surface area contributed by atoms with Gasteiger partial charge in [-0.15, -0.1) is 0 Å². The van der Waals surface area contributed by atoms with Crippen LogP contribution in [-0.4, -0.2) is 36.7 Å². The van der Waals surface area contributed by atoms with Crippen LogP contribution in [0.25, 0.3) is 0 Å². The van der Waals surface area contributed by atoms with Crippen molar-refractivity contribution in [3.05, 3.63) is 29.6 Å². The van der Waals surface area contributed by atoms with Crippen LogP contribution >= 0.6 is 11.8 Å². The van der Waals surface area contributed by atoms with Gasteiger partial charge in [0.15, 0.2) is 5.96 Å². The minimum absolute atomic E-state index is 0.00819. The number of nitrogens with zero attached hydrogens (tertiary/aromatic N) is 1. The van der Waals surface area contributed by atoms with E-state index >= 15 is 0 Å². The van der Waals surface area contributed by atoms with E-state index in [1.165, 1.54) is 18.2 Å². The molecule has 0 saturated heterocycles. The molecule has 2 unspecified atom stereocenters. The molecule has 1 fully saturated rings. The van der Waals surface area contributed by atoms with E-state index in [4.69, 9.17) is 0 Å². The summed E-state index contributed by atoms with van der Waals surface area (Å²) in [5, 5.41) is 6.95. The summed E-state index contributed by atoms with van der Waals surface area (Å²) in [5.41, 5.74) is 0.0524. The Hall–Kier alpha value is -1.57. The number of halogens is 3. The molecule has 8 heteroatoms. The first-order valence-electron chi connectivity index (χ1n) is 8.34. The largest absolute Gasteiger partial charge is 0.434 e. The van der Waals surface area contributed by atoms with E-state index in [0.717, 1.165) is 25.0 Å². The molecule has 0 bridgehead atoms. The lowest BCUT2D eigenvalue weighted by Crippen LogP contribution is -2.42. The highest BCUT2D eigenvalue weighted by atomic mass is 32.2. The Labute approximate surface area is 150 Å². The minimum Gasteiger partial charge on any atom is -0.434 e. The zero-order valence-corrected chi connectivity index (χ0v) is 15.2. The van der Waals surface area contributed by atoms with Gasteiger partial charge in [0, 0.05) is 30.4 Å². The van der Waals surface area contributed by atoms with Crippen LogP contribution in [0.3, 0.4) is 0 Å². The van der Waals surface area contributed by atoms with E-state index in [1.54, 1.807) is 7.05 Å². The molecule has 0 spiro atoms. The molecule has 2 rings (SSSR count). The number of aliphatic imine (C=N–C) groups is 1. The molecule has 0 aromatic heterocycles. The second kappa shape index (κ2) is 9.79. The number of hydrogen-bond donors (Lipinski definition) is 2. The van der Waals surface area contributed by atoms with Crippen molar-refractivity contribution in [1.82, 2.24) is 10.6 Å². The molecule has 1 aliphatic carbocycles. The molecular weight excluding hydrogens is 351 g/mol. The predicted octanol–water partition coefficient (Wildman–Crippen LogP) is 3.77. The molecule has 1 aliphatic rings. The second-order valence-corrected chi connectivity index (χ2v) is 7.33. The van der Waals surface area contributed by atoms with Crippen molar-refractivity contribution in [2.24, 2.45) is 4.99 Å². The van der Waals surface area contributed by atoms with Crippen LogP contribution in [0.4, 0.5) is 13.2 Å². The van der Waals surface area contributed by atoms with Crippen molar-refractivity contribution in [2.45, 2.75) is 50.6 Å². The molecule has 1 saturated carbocycles. The van der Waals surface area contributed by atoms with Crippen molar-refractivity contribution < 1.29 is 17.9 Å². The Morgan fingerprint density at radius 1 is 1.40 bits per heavy atom. The van der Waals surface area contributed by atoms with E-state index in [0.29, 0.717) is 17.3 Å². The minimum atomic E-state index is -3.00. The van der Waals surface area contributed by atoms with Crippen molar-refractivity contribution in [3.63, 3.8) is 0 Å². The highest BCUT2D eigenvalue weighted by Gasteiger charge is 2.25. The zero-order chi connectivity index (χ0) is 18.2. The average molecular weight is 375 g/mol. The van der Waals surface area contributed by atoms with E-state index in [9.17, 15) is 13.2 Å². The molecule has 0 radical (unpaired) electrons. The van der Waals surface area contributed by atoms with Crippen LogP contribution in [-0.2, 0) is 6.54 Å². The Balaban J connectivity index is 1.93. The van der Waals surface area contributed by atoms with Crippen molar-refractivity contribution in [2.75, 3.05) is 12.8 Å². The summed E-state index contributed by atoms with van der Waals surface area (Å²) in [6, 6.07) is 4.20. The van der Waals surface area contributed by atoms with Crippen molar-refractivity contribution in [3.8, 4) is 5.75 Å². The quantitative estimate of drug-likeness (QED) is 0.563. The predicted molar refractivity (Wildman–Crippen MR) is 95.9 cm³/mol. The number of benzene rings is 1. The summed E-state index contributed by atoms with van der Waals surface area (Å²) in [6.07, 6.45) is 3.27. The number of nitrogens with one attached hydrogen (secondary N) is 2. The summed E-state index contributed by atoms with van der Waals surface area (Å²) in [4.78, 5) is 4.13. The number of alkyl halides is 2. The maximum absolute atomic E-state index is 14.0. The monoisotopic (exact) mass is 375 g/mol. The van der Waals surface area contributed by atoms with Gasteiger partial charge in [-0.25, -0.2) is 4.39 Å². The second-order valence-electron chi connectivity index (χ2n) is 5.75. The summed E-state index contributed by atoms with van der Waals surface area (Å²) in [5.74, 6) is 0.864. The summed E-state index contributed by atoms with van der Waals surface area (Å²) < 4.78 is 43.3. The van der Waals surface area contributed by atoms with E-state index < -0.39 is 12.4 Å². The van der Waals surface area contributed by atoms with Gasteiger partial charge >= 0.3 is 6.61 Å². The summed E-state index contributed by atoms with van der Waals surface area (Å²) in [7, 11) is 1.63. The molecule has 140 valence electrons. The van der Waals surface area contributed by atoms with Crippen molar-refractivity contribution >= 4 is 17.7 Å². The third-order valence-corrected chi connectivity index (χ3v) is 5.31. The van der Waals surface area contributed by atoms with E-state index in [-0.39, 0.29) is 17.9 Å². The lowest BCUT2D eigenvalue weighted by Gasteiger charge is -2.18. The van der Waals surface area contributed by atoms with Crippen LogP contribution in [0.5, 0.6) is 5.75 Å². The molecule has 4 nitrogen and oxygen atoms in total. The van der Waals surface area contributed by atoms with Crippen LogP contribution in [0.2, 0.25) is 0 Å². The van der Waals surface area contributed by atoms with Gasteiger partial charge in [-0.05, 0) is 37.1 Å². The van der Waals surface area contributed by atoms with Crippen LogP contribution in [0.15, 0.2) is 23.2 Å². The maximum Gasteiger partial charge on any atom is 0.387 e. The number of ether oxygens (including phenoxy) is 1. The molecule has 0 aliphatic heterocycles. The van der Waals surface area contributed by atoms with E-state index in [2.05, 4.69) is 27.3 Å². The standard InChI is InChI=1S/C17H24F3N3OS/c1-3-25-12-8-7-11(9-12)23-17(21-2)22-10-13-14(18)5-4-6-15(13)24-16(19)20/h4-6,11-12,16H,3,7-10H2,1-2H3,(H2,21,22,23). The van der Waals surface area contributed by atoms with Gasteiger partial charge in [0.05, 0.1) is 0 Å². The van der Waals surface area contributed by atoms with Crippen LogP contribution < -0.4 is 15.4 Å². The molecule has 2 N–H and O–H groups in total. The maximum atomic E-state index is 14.0. The average Bonchev–Trinajstić information content (AvgIpc) is 3.00. The SMILES string of the molecule is CCSC1CCC(NC(=NC)NCc2c(F)cccc2OC(F)F)C1. The Kier molecular flexibility index (Phi) is 7.74.